The predicted octanol–water partition coefficient (Wildman–Crippen LogP) is 2.09. The van der Waals surface area contributed by atoms with Gasteiger partial charge in [-0.25, -0.2) is 8.78 Å². The molecule has 20 heavy (non-hydrogen) atoms. The molecule has 0 saturated carbocycles. The van der Waals surface area contributed by atoms with E-state index in [4.69, 9.17) is 5.73 Å². The van der Waals surface area contributed by atoms with E-state index in [-0.39, 0.29) is 18.4 Å². The van der Waals surface area contributed by atoms with Crippen molar-refractivity contribution in [1.29, 1.82) is 0 Å². The second-order valence-electron chi connectivity index (χ2n) is 5.43. The number of likely N-dealkylation sites (tertiary alicyclic amines) is 1. The Hall–Kier alpha value is -1.49. The Morgan fingerprint density at radius 1 is 1.40 bits per heavy atom. The smallest absolute Gasteiger partial charge is 0.227 e. The lowest BCUT2D eigenvalue weighted by Crippen LogP contribution is -2.51. The van der Waals surface area contributed by atoms with Gasteiger partial charge in [-0.2, -0.15) is 0 Å². The maximum Gasteiger partial charge on any atom is 0.227 e. The molecule has 1 aromatic carbocycles. The van der Waals surface area contributed by atoms with Crippen LogP contribution in [0.15, 0.2) is 18.2 Å². The molecule has 5 heteroatoms. The van der Waals surface area contributed by atoms with Crippen molar-refractivity contribution in [3.8, 4) is 0 Å². The lowest BCUT2D eigenvalue weighted by Gasteiger charge is -2.39. The third kappa shape index (κ3) is 3.15. The molecule has 0 spiro atoms. The Morgan fingerprint density at radius 2 is 2.15 bits per heavy atom. The van der Waals surface area contributed by atoms with Gasteiger partial charge >= 0.3 is 0 Å². The van der Waals surface area contributed by atoms with Crippen LogP contribution < -0.4 is 5.73 Å². The Labute approximate surface area is 117 Å². The van der Waals surface area contributed by atoms with Crippen molar-refractivity contribution in [3.63, 3.8) is 0 Å². The van der Waals surface area contributed by atoms with E-state index in [9.17, 15) is 13.6 Å². The summed E-state index contributed by atoms with van der Waals surface area (Å²) in [5.74, 6) is -1.51. The minimum Gasteiger partial charge on any atom is -0.338 e. The molecule has 2 rings (SSSR count). The first kappa shape index (κ1) is 14.9. The predicted molar refractivity (Wildman–Crippen MR) is 73.0 cm³/mol. The van der Waals surface area contributed by atoms with Gasteiger partial charge in [-0.05, 0) is 36.5 Å². The van der Waals surface area contributed by atoms with Gasteiger partial charge in [-0.3, -0.25) is 4.79 Å². The van der Waals surface area contributed by atoms with Crippen LogP contribution in [-0.2, 0) is 11.2 Å². The van der Waals surface area contributed by atoms with Crippen LogP contribution in [-0.4, -0.2) is 29.9 Å². The number of halogens is 2. The highest BCUT2D eigenvalue weighted by Gasteiger charge is 2.30. The molecule has 1 fully saturated rings. The van der Waals surface area contributed by atoms with Crippen LogP contribution in [0.4, 0.5) is 8.78 Å². The largest absolute Gasteiger partial charge is 0.338 e. The topological polar surface area (TPSA) is 46.3 Å². The van der Waals surface area contributed by atoms with E-state index in [0.717, 1.165) is 25.0 Å². The Kier molecular flexibility index (Phi) is 4.70. The second kappa shape index (κ2) is 6.31. The Bertz CT molecular complexity index is 493. The molecule has 2 atom stereocenters. The van der Waals surface area contributed by atoms with Crippen molar-refractivity contribution < 1.29 is 13.6 Å². The number of rotatable bonds is 3. The first-order chi connectivity index (χ1) is 9.52. The number of hydrogen-bond acceptors (Lipinski definition) is 2. The number of piperidine rings is 1. The molecular formula is C15H20F2N2O. The number of hydrogen-bond donors (Lipinski definition) is 1. The molecule has 110 valence electrons. The van der Waals surface area contributed by atoms with Crippen LogP contribution in [0.2, 0.25) is 0 Å². The number of carbonyl (C=O) groups excluding carboxylic acids is 1. The van der Waals surface area contributed by atoms with Gasteiger partial charge in [0, 0.05) is 19.1 Å². The fourth-order valence-corrected chi connectivity index (χ4v) is 2.84. The Morgan fingerprint density at radius 3 is 2.80 bits per heavy atom. The van der Waals surface area contributed by atoms with Crippen molar-refractivity contribution in [1.82, 2.24) is 4.90 Å². The minimum atomic E-state index is -0.919. The van der Waals surface area contributed by atoms with Crippen LogP contribution in [0, 0.1) is 17.6 Å². The van der Waals surface area contributed by atoms with E-state index in [1.165, 1.54) is 6.07 Å². The van der Waals surface area contributed by atoms with Gasteiger partial charge in [-0.1, -0.05) is 13.0 Å². The van der Waals surface area contributed by atoms with Gasteiger partial charge in [0.2, 0.25) is 5.91 Å². The van der Waals surface area contributed by atoms with E-state index in [2.05, 4.69) is 6.92 Å². The number of benzene rings is 1. The SMILES string of the molecule is C[C@@H]1CCCN(C(=O)Cc2ccc(F)c(F)c2)[C@@H]1CN. The van der Waals surface area contributed by atoms with E-state index in [0.29, 0.717) is 24.6 Å². The zero-order chi connectivity index (χ0) is 14.7. The minimum absolute atomic E-state index is 0.0431. The highest BCUT2D eigenvalue weighted by Crippen LogP contribution is 2.23. The van der Waals surface area contributed by atoms with E-state index < -0.39 is 11.6 Å². The van der Waals surface area contributed by atoms with Crippen molar-refractivity contribution in [2.45, 2.75) is 32.2 Å². The number of nitrogens with two attached hydrogens (primary N) is 1. The summed E-state index contributed by atoms with van der Waals surface area (Å²) in [5, 5.41) is 0. The molecule has 2 N–H and O–H groups in total. The van der Waals surface area contributed by atoms with Crippen LogP contribution in [0.1, 0.15) is 25.3 Å². The molecule has 3 nitrogen and oxygen atoms in total. The summed E-state index contributed by atoms with van der Waals surface area (Å²) >= 11 is 0. The second-order valence-corrected chi connectivity index (χ2v) is 5.43. The molecule has 0 aromatic heterocycles. The van der Waals surface area contributed by atoms with Crippen molar-refractivity contribution in [3.05, 3.63) is 35.4 Å². The lowest BCUT2D eigenvalue weighted by molar-refractivity contribution is -0.135. The standard InChI is InChI=1S/C15H20F2N2O/c1-10-3-2-6-19(14(10)9-18)15(20)8-11-4-5-12(16)13(17)7-11/h4-5,7,10,14H,2-3,6,8-9,18H2,1H3/t10-,14-/m1/s1. The summed E-state index contributed by atoms with van der Waals surface area (Å²) in [7, 11) is 0. The Balaban J connectivity index is 2.08. The summed E-state index contributed by atoms with van der Waals surface area (Å²) < 4.78 is 26.0. The van der Waals surface area contributed by atoms with Crippen molar-refractivity contribution in [2.24, 2.45) is 11.7 Å². The van der Waals surface area contributed by atoms with Gasteiger partial charge < -0.3 is 10.6 Å². The summed E-state index contributed by atoms with van der Waals surface area (Å²) in [6, 6.07) is 3.62. The number of nitrogens with zero attached hydrogens (tertiary/aromatic N) is 1. The monoisotopic (exact) mass is 282 g/mol. The number of amides is 1. The molecule has 0 unspecified atom stereocenters. The summed E-state index contributed by atoms with van der Waals surface area (Å²) in [6.07, 6.45) is 2.11. The van der Waals surface area contributed by atoms with Crippen LogP contribution >= 0.6 is 0 Å². The van der Waals surface area contributed by atoms with Crippen LogP contribution in [0.5, 0.6) is 0 Å². The number of carbonyl (C=O) groups is 1. The van der Waals surface area contributed by atoms with Crippen molar-refractivity contribution in [2.75, 3.05) is 13.1 Å². The zero-order valence-electron chi connectivity index (χ0n) is 11.6. The quantitative estimate of drug-likeness (QED) is 0.922. The van der Waals surface area contributed by atoms with Gasteiger partial charge in [0.1, 0.15) is 0 Å². The van der Waals surface area contributed by atoms with E-state index in [1.807, 2.05) is 0 Å². The molecule has 0 aliphatic carbocycles. The highest BCUT2D eigenvalue weighted by molar-refractivity contribution is 5.79. The highest BCUT2D eigenvalue weighted by atomic mass is 19.2. The molecule has 1 aromatic rings. The van der Waals surface area contributed by atoms with Gasteiger partial charge in [0.05, 0.1) is 6.42 Å². The molecular weight excluding hydrogens is 262 g/mol. The fourth-order valence-electron chi connectivity index (χ4n) is 2.84. The summed E-state index contributed by atoms with van der Waals surface area (Å²) in [4.78, 5) is 14.1. The lowest BCUT2D eigenvalue weighted by atomic mass is 9.90. The normalized spacial score (nSPS) is 22.9. The van der Waals surface area contributed by atoms with E-state index >= 15 is 0 Å². The molecule has 1 amide bonds. The fraction of sp³-hybridized carbons (Fsp3) is 0.533. The first-order valence-electron chi connectivity index (χ1n) is 6.96. The van der Waals surface area contributed by atoms with Crippen LogP contribution in [0.3, 0.4) is 0 Å². The molecule has 1 aliphatic rings. The molecule has 0 bridgehead atoms. The van der Waals surface area contributed by atoms with Gasteiger partial charge in [0.15, 0.2) is 11.6 Å². The van der Waals surface area contributed by atoms with Gasteiger partial charge in [0.25, 0.3) is 0 Å². The molecule has 1 aliphatic heterocycles. The average Bonchev–Trinajstić information content (AvgIpc) is 2.42. The van der Waals surface area contributed by atoms with Crippen molar-refractivity contribution >= 4 is 5.91 Å². The molecule has 1 saturated heterocycles. The zero-order valence-corrected chi connectivity index (χ0v) is 11.6. The summed E-state index contributed by atoms with van der Waals surface area (Å²) in [5.41, 5.74) is 6.24. The summed E-state index contributed by atoms with van der Waals surface area (Å²) in [6.45, 7) is 3.22. The maximum atomic E-state index is 13.2. The third-order valence-electron chi connectivity index (χ3n) is 4.02. The molecule has 0 radical (unpaired) electrons. The third-order valence-corrected chi connectivity index (χ3v) is 4.02. The average molecular weight is 282 g/mol. The van der Waals surface area contributed by atoms with E-state index in [1.54, 1.807) is 4.90 Å². The first-order valence-corrected chi connectivity index (χ1v) is 6.96. The van der Waals surface area contributed by atoms with Gasteiger partial charge in [-0.15, -0.1) is 0 Å². The maximum absolute atomic E-state index is 13.2. The van der Waals surface area contributed by atoms with Crippen LogP contribution in [0.25, 0.3) is 0 Å². The molecule has 1 heterocycles.